The summed E-state index contributed by atoms with van der Waals surface area (Å²) in [6.45, 7) is 6.14. The molecule has 0 bridgehead atoms. The van der Waals surface area contributed by atoms with E-state index in [9.17, 15) is 0 Å². The summed E-state index contributed by atoms with van der Waals surface area (Å²) in [4.78, 5) is 8.68. The summed E-state index contributed by atoms with van der Waals surface area (Å²) >= 11 is 0. The Bertz CT molecular complexity index is 272. The highest BCUT2D eigenvalue weighted by molar-refractivity contribution is 5.10. The van der Waals surface area contributed by atoms with Crippen LogP contribution in [-0.4, -0.2) is 23.1 Å². The maximum absolute atomic E-state index is 4.42. The second kappa shape index (κ2) is 5.05. The largest absolute Gasteiger partial charge is 0.317 e. The van der Waals surface area contributed by atoms with E-state index < -0.39 is 0 Å². The minimum atomic E-state index is 0.517. The molecule has 0 spiro atoms. The lowest BCUT2D eigenvalue weighted by molar-refractivity contribution is 0.536. The average molecular weight is 193 g/mol. The normalized spacial score (nSPS) is 12.9. The Morgan fingerprint density at radius 2 is 2.07 bits per heavy atom. The van der Waals surface area contributed by atoms with Gasteiger partial charge in [0.2, 0.25) is 0 Å². The van der Waals surface area contributed by atoms with Gasteiger partial charge in [-0.3, -0.25) is 0 Å². The Hall–Kier alpha value is -0.960. The molecule has 1 aromatic rings. The quantitative estimate of drug-likeness (QED) is 0.790. The fourth-order valence-corrected chi connectivity index (χ4v) is 1.60. The van der Waals surface area contributed by atoms with Crippen molar-refractivity contribution in [3.63, 3.8) is 0 Å². The molecule has 1 heterocycles. The summed E-state index contributed by atoms with van der Waals surface area (Å²) in [7, 11) is 2.00. The molecular formula is C11H19N3. The first-order chi connectivity index (χ1) is 6.65. The van der Waals surface area contributed by atoms with Crippen molar-refractivity contribution in [2.24, 2.45) is 0 Å². The molecule has 1 rings (SSSR count). The van der Waals surface area contributed by atoms with Crippen LogP contribution in [0.15, 0.2) is 6.07 Å². The van der Waals surface area contributed by atoms with Crippen LogP contribution in [0.3, 0.4) is 0 Å². The third kappa shape index (κ3) is 3.07. The second-order valence-electron chi connectivity index (χ2n) is 3.65. The van der Waals surface area contributed by atoms with Crippen molar-refractivity contribution < 1.29 is 0 Å². The number of aryl methyl sites for hydroxylation is 2. The molecule has 0 aliphatic rings. The average Bonchev–Trinajstić information content (AvgIpc) is 2.12. The van der Waals surface area contributed by atoms with Gasteiger partial charge in [-0.25, -0.2) is 9.97 Å². The van der Waals surface area contributed by atoms with Crippen LogP contribution >= 0.6 is 0 Å². The lowest BCUT2D eigenvalue weighted by atomic mass is 10.1. The van der Waals surface area contributed by atoms with Gasteiger partial charge in [-0.1, -0.05) is 6.92 Å². The summed E-state index contributed by atoms with van der Waals surface area (Å²) in [6.07, 6.45) is 2.11. The van der Waals surface area contributed by atoms with E-state index in [0.29, 0.717) is 6.04 Å². The fourth-order valence-electron chi connectivity index (χ4n) is 1.60. The summed E-state index contributed by atoms with van der Waals surface area (Å²) in [5.41, 5.74) is 2.19. The van der Waals surface area contributed by atoms with Crippen molar-refractivity contribution >= 4 is 0 Å². The third-order valence-corrected chi connectivity index (χ3v) is 2.38. The van der Waals surface area contributed by atoms with Crippen LogP contribution in [0.1, 0.15) is 30.6 Å². The Balaban J connectivity index is 2.75. The van der Waals surface area contributed by atoms with Gasteiger partial charge in [0.1, 0.15) is 5.82 Å². The van der Waals surface area contributed by atoms with E-state index in [1.165, 1.54) is 0 Å². The topological polar surface area (TPSA) is 37.8 Å². The molecule has 14 heavy (non-hydrogen) atoms. The van der Waals surface area contributed by atoms with Crippen LogP contribution in [0.5, 0.6) is 0 Å². The highest BCUT2D eigenvalue weighted by Gasteiger charge is 2.06. The van der Waals surface area contributed by atoms with E-state index >= 15 is 0 Å². The zero-order valence-electron chi connectivity index (χ0n) is 9.46. The van der Waals surface area contributed by atoms with Crippen LogP contribution in [0, 0.1) is 13.8 Å². The van der Waals surface area contributed by atoms with E-state index in [2.05, 4.69) is 28.3 Å². The first-order valence-corrected chi connectivity index (χ1v) is 5.14. The van der Waals surface area contributed by atoms with Gasteiger partial charge in [-0.15, -0.1) is 0 Å². The van der Waals surface area contributed by atoms with Crippen LogP contribution < -0.4 is 5.32 Å². The molecule has 1 atom stereocenters. The van der Waals surface area contributed by atoms with Crippen LogP contribution in [0.2, 0.25) is 0 Å². The van der Waals surface area contributed by atoms with Gasteiger partial charge in [0.05, 0.1) is 0 Å². The van der Waals surface area contributed by atoms with Crippen molar-refractivity contribution in [2.45, 2.75) is 39.7 Å². The number of aromatic nitrogens is 2. The smallest absolute Gasteiger partial charge is 0.125 e. The fraction of sp³-hybridized carbons (Fsp3) is 0.636. The molecule has 0 aromatic carbocycles. The van der Waals surface area contributed by atoms with Gasteiger partial charge >= 0.3 is 0 Å². The first kappa shape index (κ1) is 11.1. The summed E-state index contributed by atoms with van der Waals surface area (Å²) in [5.74, 6) is 0.867. The monoisotopic (exact) mass is 193 g/mol. The lowest BCUT2D eigenvalue weighted by Gasteiger charge is -2.13. The number of hydrogen-bond donors (Lipinski definition) is 1. The molecule has 0 saturated heterocycles. The molecule has 1 N–H and O–H groups in total. The van der Waals surface area contributed by atoms with Gasteiger partial charge in [0, 0.05) is 23.9 Å². The predicted octanol–water partition coefficient (Wildman–Crippen LogP) is 1.63. The third-order valence-electron chi connectivity index (χ3n) is 2.38. The molecule has 0 amide bonds. The zero-order chi connectivity index (χ0) is 10.6. The van der Waals surface area contributed by atoms with E-state index in [1.807, 2.05) is 20.9 Å². The Morgan fingerprint density at radius 3 is 2.57 bits per heavy atom. The predicted molar refractivity (Wildman–Crippen MR) is 58.3 cm³/mol. The van der Waals surface area contributed by atoms with E-state index in [1.54, 1.807) is 0 Å². The minimum absolute atomic E-state index is 0.517. The summed E-state index contributed by atoms with van der Waals surface area (Å²) in [5, 5.41) is 3.28. The summed E-state index contributed by atoms with van der Waals surface area (Å²) < 4.78 is 0. The van der Waals surface area contributed by atoms with Crippen molar-refractivity contribution in [3.05, 3.63) is 23.3 Å². The molecule has 3 heteroatoms. The van der Waals surface area contributed by atoms with Gasteiger partial charge in [0.25, 0.3) is 0 Å². The van der Waals surface area contributed by atoms with Crippen LogP contribution in [-0.2, 0) is 6.42 Å². The molecule has 1 unspecified atom stereocenters. The molecule has 3 nitrogen and oxygen atoms in total. The molecule has 0 aliphatic heterocycles. The highest BCUT2D eigenvalue weighted by Crippen LogP contribution is 2.05. The SMILES string of the molecule is CCC(Cc1cc(C)nc(C)n1)NC. The molecule has 0 fully saturated rings. The number of likely N-dealkylation sites (N-methyl/N-ethyl adjacent to an activating group) is 1. The van der Waals surface area contributed by atoms with E-state index in [4.69, 9.17) is 0 Å². The molecule has 1 aromatic heterocycles. The standard InChI is InChI=1S/C11H19N3/c1-5-10(12-4)7-11-6-8(2)13-9(3)14-11/h6,10,12H,5,7H2,1-4H3. The van der Waals surface area contributed by atoms with Gasteiger partial charge in [-0.2, -0.15) is 0 Å². The number of nitrogens with one attached hydrogen (secondary N) is 1. The van der Waals surface area contributed by atoms with Crippen molar-refractivity contribution in [1.82, 2.24) is 15.3 Å². The molecular weight excluding hydrogens is 174 g/mol. The number of nitrogens with zero attached hydrogens (tertiary/aromatic N) is 2. The van der Waals surface area contributed by atoms with Crippen molar-refractivity contribution in [2.75, 3.05) is 7.05 Å². The first-order valence-electron chi connectivity index (χ1n) is 5.14. The van der Waals surface area contributed by atoms with Crippen LogP contribution in [0.25, 0.3) is 0 Å². The zero-order valence-corrected chi connectivity index (χ0v) is 9.46. The molecule has 0 radical (unpaired) electrons. The highest BCUT2D eigenvalue weighted by atomic mass is 14.9. The lowest BCUT2D eigenvalue weighted by Crippen LogP contribution is -2.27. The maximum atomic E-state index is 4.42. The van der Waals surface area contributed by atoms with Crippen molar-refractivity contribution in [1.29, 1.82) is 0 Å². The van der Waals surface area contributed by atoms with Gasteiger partial charge < -0.3 is 5.32 Å². The van der Waals surface area contributed by atoms with Gasteiger partial charge in [-0.05, 0) is 33.4 Å². The van der Waals surface area contributed by atoms with Gasteiger partial charge in [0.15, 0.2) is 0 Å². The van der Waals surface area contributed by atoms with E-state index in [-0.39, 0.29) is 0 Å². The maximum Gasteiger partial charge on any atom is 0.125 e. The number of rotatable bonds is 4. The molecule has 0 aliphatic carbocycles. The van der Waals surface area contributed by atoms with Crippen molar-refractivity contribution in [3.8, 4) is 0 Å². The molecule has 0 saturated carbocycles. The Morgan fingerprint density at radius 1 is 1.36 bits per heavy atom. The van der Waals surface area contributed by atoms with Crippen LogP contribution in [0.4, 0.5) is 0 Å². The Kier molecular flexibility index (Phi) is 4.01. The molecule has 78 valence electrons. The number of hydrogen-bond acceptors (Lipinski definition) is 3. The minimum Gasteiger partial charge on any atom is -0.317 e. The summed E-state index contributed by atoms with van der Waals surface area (Å²) in [6, 6.07) is 2.58. The van der Waals surface area contributed by atoms with E-state index in [0.717, 1.165) is 30.1 Å². The Labute approximate surface area is 86.0 Å². The second-order valence-corrected chi connectivity index (χ2v) is 3.65.